The van der Waals surface area contributed by atoms with Gasteiger partial charge in [-0.05, 0) is 32.0 Å². The van der Waals surface area contributed by atoms with Crippen LogP contribution in [0.2, 0.25) is 0 Å². The van der Waals surface area contributed by atoms with Gasteiger partial charge in [0.1, 0.15) is 0 Å². The van der Waals surface area contributed by atoms with Gasteiger partial charge in [-0.15, -0.1) is 0 Å². The van der Waals surface area contributed by atoms with E-state index in [1.807, 2.05) is 18.5 Å². The molecule has 0 amide bonds. The van der Waals surface area contributed by atoms with Gasteiger partial charge in [0.05, 0.1) is 17.6 Å². The second-order valence-corrected chi connectivity index (χ2v) is 5.49. The molecule has 0 fully saturated rings. The number of esters is 1. The summed E-state index contributed by atoms with van der Waals surface area (Å²) < 4.78 is 11.7. The minimum absolute atomic E-state index is 0.0266. The summed E-state index contributed by atoms with van der Waals surface area (Å²) in [5.74, 6) is -1.12. The molecule has 0 spiro atoms. The van der Waals surface area contributed by atoms with Crippen molar-refractivity contribution in [3.63, 3.8) is 0 Å². The van der Waals surface area contributed by atoms with Gasteiger partial charge < -0.3 is 14.0 Å². The minimum atomic E-state index is -0.815. The normalized spacial score (nSPS) is 10.4. The lowest BCUT2D eigenvalue weighted by atomic mass is 10.1. The summed E-state index contributed by atoms with van der Waals surface area (Å²) in [5, 5.41) is 11.0. The molecule has 1 aromatic heterocycles. The predicted molar refractivity (Wildman–Crippen MR) is 89.1 cm³/mol. The molecular formula is C17H18N2O6. The summed E-state index contributed by atoms with van der Waals surface area (Å²) in [5.41, 5.74) is 1.80. The Balaban J connectivity index is 2.12. The number of methoxy groups -OCH3 is 1. The Morgan fingerprint density at radius 2 is 1.92 bits per heavy atom. The van der Waals surface area contributed by atoms with E-state index >= 15 is 0 Å². The minimum Gasteiger partial charge on any atom is -0.490 e. The second-order valence-electron chi connectivity index (χ2n) is 5.49. The van der Waals surface area contributed by atoms with E-state index in [0.29, 0.717) is 5.56 Å². The van der Waals surface area contributed by atoms with E-state index in [1.165, 1.54) is 19.2 Å². The number of carbonyl (C=O) groups excluding carboxylic acids is 2. The van der Waals surface area contributed by atoms with E-state index in [2.05, 4.69) is 0 Å². The molecule has 0 radical (unpaired) electrons. The van der Waals surface area contributed by atoms with Gasteiger partial charge in [-0.1, -0.05) is 0 Å². The Labute approximate surface area is 144 Å². The van der Waals surface area contributed by atoms with Crippen molar-refractivity contribution >= 4 is 17.4 Å². The smallest absolute Gasteiger partial charge is 0.338 e. The van der Waals surface area contributed by atoms with Gasteiger partial charge in [0.25, 0.3) is 0 Å². The highest BCUT2D eigenvalue weighted by atomic mass is 16.6. The molecule has 132 valence electrons. The molecule has 0 aliphatic carbocycles. The number of hydrogen-bond donors (Lipinski definition) is 0. The third-order valence-electron chi connectivity index (χ3n) is 4.02. The summed E-state index contributed by atoms with van der Waals surface area (Å²) in [6, 6.07) is 5.44. The van der Waals surface area contributed by atoms with Crippen LogP contribution in [0.15, 0.2) is 24.3 Å². The van der Waals surface area contributed by atoms with Gasteiger partial charge in [0.15, 0.2) is 12.4 Å². The van der Waals surface area contributed by atoms with Crippen LogP contribution in [0.1, 0.15) is 32.1 Å². The van der Waals surface area contributed by atoms with E-state index in [1.54, 1.807) is 13.0 Å². The molecular weight excluding hydrogens is 328 g/mol. The first-order valence-electron chi connectivity index (χ1n) is 7.42. The third-order valence-corrected chi connectivity index (χ3v) is 4.02. The first kappa shape index (κ1) is 18.2. The molecule has 8 heteroatoms. The molecule has 0 N–H and O–H groups in total. The SMILES string of the molecule is COc1ccc(C(=O)OCC(=O)c2cc(C)n(C)c2C)cc1[N+](=O)[O-]. The zero-order chi connectivity index (χ0) is 18.7. The number of aromatic nitrogens is 1. The summed E-state index contributed by atoms with van der Waals surface area (Å²) in [6.07, 6.45) is 0. The topological polar surface area (TPSA) is 101 Å². The van der Waals surface area contributed by atoms with Gasteiger partial charge in [0.2, 0.25) is 5.78 Å². The Bertz CT molecular complexity index is 853. The fourth-order valence-corrected chi connectivity index (χ4v) is 2.39. The molecule has 0 bridgehead atoms. The average Bonchev–Trinajstić information content (AvgIpc) is 2.86. The van der Waals surface area contributed by atoms with E-state index in [4.69, 9.17) is 9.47 Å². The number of rotatable bonds is 6. The number of nitro groups is 1. The number of benzene rings is 1. The van der Waals surface area contributed by atoms with Crippen LogP contribution in [0, 0.1) is 24.0 Å². The largest absolute Gasteiger partial charge is 0.490 e. The van der Waals surface area contributed by atoms with Crippen molar-refractivity contribution in [2.24, 2.45) is 7.05 Å². The number of nitro benzene ring substituents is 1. The Morgan fingerprint density at radius 1 is 1.24 bits per heavy atom. The van der Waals surface area contributed by atoms with Crippen LogP contribution in [-0.2, 0) is 11.8 Å². The molecule has 0 unspecified atom stereocenters. The first-order valence-corrected chi connectivity index (χ1v) is 7.42. The zero-order valence-electron chi connectivity index (χ0n) is 14.4. The molecule has 8 nitrogen and oxygen atoms in total. The fraction of sp³-hybridized carbons (Fsp3) is 0.294. The monoisotopic (exact) mass is 346 g/mol. The van der Waals surface area contributed by atoms with Gasteiger partial charge in [-0.3, -0.25) is 14.9 Å². The Kier molecular flexibility index (Phi) is 5.21. The highest BCUT2D eigenvalue weighted by Gasteiger charge is 2.20. The molecule has 1 heterocycles. The summed E-state index contributed by atoms with van der Waals surface area (Å²) in [6.45, 7) is 3.23. The van der Waals surface area contributed by atoms with Crippen molar-refractivity contribution in [1.29, 1.82) is 0 Å². The molecule has 0 aliphatic rings. The van der Waals surface area contributed by atoms with Crippen LogP contribution in [0.5, 0.6) is 5.75 Å². The maximum Gasteiger partial charge on any atom is 0.338 e. The van der Waals surface area contributed by atoms with E-state index in [-0.39, 0.29) is 22.8 Å². The standard InChI is InChI=1S/C17H18N2O6/c1-10-7-13(11(2)18(10)3)15(20)9-25-17(21)12-5-6-16(24-4)14(8-12)19(22)23/h5-8H,9H2,1-4H3. The van der Waals surface area contributed by atoms with Crippen LogP contribution < -0.4 is 4.74 Å². The van der Waals surface area contributed by atoms with Crippen LogP contribution >= 0.6 is 0 Å². The van der Waals surface area contributed by atoms with Crippen LogP contribution in [0.25, 0.3) is 0 Å². The van der Waals surface area contributed by atoms with Crippen LogP contribution in [-0.4, -0.2) is 35.0 Å². The molecule has 2 rings (SSSR count). The highest BCUT2D eigenvalue weighted by molar-refractivity contribution is 6.00. The van der Waals surface area contributed by atoms with Gasteiger partial charge in [0, 0.05) is 30.1 Å². The van der Waals surface area contributed by atoms with E-state index in [9.17, 15) is 19.7 Å². The fourth-order valence-electron chi connectivity index (χ4n) is 2.39. The lowest BCUT2D eigenvalue weighted by Crippen LogP contribution is -2.15. The lowest BCUT2D eigenvalue weighted by Gasteiger charge is -2.06. The maximum atomic E-state index is 12.2. The number of ketones is 1. The Hall–Kier alpha value is -3.16. The molecule has 2 aromatic rings. The zero-order valence-corrected chi connectivity index (χ0v) is 14.4. The average molecular weight is 346 g/mol. The van der Waals surface area contributed by atoms with E-state index in [0.717, 1.165) is 17.5 Å². The van der Waals surface area contributed by atoms with Crippen molar-refractivity contribution in [3.8, 4) is 5.75 Å². The van der Waals surface area contributed by atoms with Gasteiger partial charge >= 0.3 is 11.7 Å². The van der Waals surface area contributed by atoms with Crippen molar-refractivity contribution in [1.82, 2.24) is 4.57 Å². The third kappa shape index (κ3) is 3.68. The number of hydrogen-bond acceptors (Lipinski definition) is 6. The van der Waals surface area contributed by atoms with Crippen molar-refractivity contribution in [2.75, 3.05) is 13.7 Å². The van der Waals surface area contributed by atoms with Crippen LogP contribution in [0.3, 0.4) is 0 Å². The molecule has 0 atom stereocenters. The number of Topliss-reactive ketones (excluding diaryl/α,β-unsaturated/α-hetero) is 1. The summed E-state index contributed by atoms with van der Waals surface area (Å²) in [7, 11) is 3.13. The molecule has 0 aliphatic heterocycles. The lowest BCUT2D eigenvalue weighted by molar-refractivity contribution is -0.385. The molecule has 1 aromatic carbocycles. The number of carbonyl (C=O) groups is 2. The molecule has 25 heavy (non-hydrogen) atoms. The quantitative estimate of drug-likeness (QED) is 0.345. The van der Waals surface area contributed by atoms with Gasteiger partial charge in [-0.2, -0.15) is 0 Å². The van der Waals surface area contributed by atoms with E-state index < -0.39 is 17.5 Å². The summed E-state index contributed by atoms with van der Waals surface area (Å²) >= 11 is 0. The predicted octanol–water partition coefficient (Wildman–Crippen LogP) is 2.60. The van der Waals surface area contributed by atoms with Crippen LogP contribution in [0.4, 0.5) is 5.69 Å². The van der Waals surface area contributed by atoms with Gasteiger partial charge in [-0.25, -0.2) is 4.79 Å². The highest BCUT2D eigenvalue weighted by Crippen LogP contribution is 2.27. The number of ether oxygens (including phenoxy) is 2. The van der Waals surface area contributed by atoms with Crippen molar-refractivity contribution in [2.45, 2.75) is 13.8 Å². The summed E-state index contributed by atoms with van der Waals surface area (Å²) in [4.78, 5) is 34.6. The maximum absolute atomic E-state index is 12.2. The van der Waals surface area contributed by atoms with Crippen molar-refractivity contribution < 1.29 is 24.0 Å². The Morgan fingerprint density at radius 3 is 2.44 bits per heavy atom. The molecule has 0 saturated carbocycles. The second kappa shape index (κ2) is 7.16. The number of nitrogens with zero attached hydrogens (tertiary/aromatic N) is 2. The first-order chi connectivity index (χ1) is 11.8. The van der Waals surface area contributed by atoms with Crippen molar-refractivity contribution in [3.05, 3.63) is 56.9 Å². The number of aryl methyl sites for hydroxylation is 1. The molecule has 0 saturated heterocycles.